The second-order valence-electron chi connectivity index (χ2n) is 6.75. The van der Waals surface area contributed by atoms with E-state index in [1.165, 1.54) is 37.8 Å². The van der Waals surface area contributed by atoms with Crippen molar-refractivity contribution in [1.82, 2.24) is 5.32 Å². The standard InChI is InChI=1S/C17H24F2N2/c1-11(2)21(10-12-3-4-12)17-15(18)7-13(8-16(17)19)9-20-14-5-6-14/h7-8,11-12,14,20H,3-6,9-10H2,1-2H3. The average Bonchev–Trinajstić information content (AvgIpc) is 3.28. The Morgan fingerprint density at radius 3 is 2.24 bits per heavy atom. The number of benzene rings is 1. The normalized spacial score (nSPS) is 18.3. The maximum atomic E-state index is 14.4. The summed E-state index contributed by atoms with van der Waals surface area (Å²) in [5, 5.41) is 3.29. The van der Waals surface area contributed by atoms with Crippen LogP contribution in [0.15, 0.2) is 12.1 Å². The maximum absolute atomic E-state index is 14.4. The van der Waals surface area contributed by atoms with Crippen molar-refractivity contribution in [3.8, 4) is 0 Å². The van der Waals surface area contributed by atoms with Gasteiger partial charge in [0.15, 0.2) is 0 Å². The number of halogens is 2. The predicted octanol–water partition coefficient (Wildman–Crippen LogP) is 3.84. The molecule has 1 N–H and O–H groups in total. The van der Waals surface area contributed by atoms with Gasteiger partial charge in [-0.3, -0.25) is 0 Å². The van der Waals surface area contributed by atoms with Gasteiger partial charge in [-0.25, -0.2) is 8.78 Å². The van der Waals surface area contributed by atoms with Crippen LogP contribution in [0.3, 0.4) is 0 Å². The molecule has 0 unspecified atom stereocenters. The Labute approximate surface area is 125 Å². The topological polar surface area (TPSA) is 15.3 Å². The SMILES string of the molecule is CC(C)N(CC1CC1)c1c(F)cc(CNC2CC2)cc1F. The summed E-state index contributed by atoms with van der Waals surface area (Å²) in [4.78, 5) is 1.88. The van der Waals surface area contributed by atoms with E-state index in [0.29, 0.717) is 24.1 Å². The van der Waals surface area contributed by atoms with Crippen molar-refractivity contribution in [2.24, 2.45) is 5.92 Å². The summed E-state index contributed by atoms with van der Waals surface area (Å²) in [7, 11) is 0. The van der Waals surface area contributed by atoms with E-state index in [0.717, 1.165) is 6.54 Å². The van der Waals surface area contributed by atoms with Crippen LogP contribution in [0.5, 0.6) is 0 Å². The summed E-state index contributed by atoms with van der Waals surface area (Å²) in [5.74, 6) is -0.267. The molecule has 0 atom stereocenters. The van der Waals surface area contributed by atoms with Gasteiger partial charge in [-0.15, -0.1) is 0 Å². The average molecular weight is 294 g/mol. The Hall–Kier alpha value is -1.16. The lowest BCUT2D eigenvalue weighted by Gasteiger charge is -2.30. The maximum Gasteiger partial charge on any atom is 0.149 e. The molecule has 4 heteroatoms. The van der Waals surface area contributed by atoms with Crippen molar-refractivity contribution < 1.29 is 8.78 Å². The molecular weight excluding hydrogens is 270 g/mol. The van der Waals surface area contributed by atoms with Crippen LogP contribution >= 0.6 is 0 Å². The molecule has 2 nitrogen and oxygen atoms in total. The van der Waals surface area contributed by atoms with Gasteiger partial charge in [-0.2, -0.15) is 0 Å². The van der Waals surface area contributed by atoms with Crippen molar-refractivity contribution in [3.63, 3.8) is 0 Å². The first-order chi connectivity index (χ1) is 10.0. The lowest BCUT2D eigenvalue weighted by atomic mass is 10.1. The smallest absolute Gasteiger partial charge is 0.149 e. The van der Waals surface area contributed by atoms with Gasteiger partial charge in [-0.05, 0) is 63.1 Å². The fraction of sp³-hybridized carbons (Fsp3) is 0.647. The summed E-state index contributed by atoms with van der Waals surface area (Å²) in [6.45, 7) is 5.28. The lowest BCUT2D eigenvalue weighted by molar-refractivity contribution is 0.542. The first-order valence-electron chi connectivity index (χ1n) is 8.02. The summed E-state index contributed by atoms with van der Waals surface area (Å²) >= 11 is 0. The Kier molecular flexibility index (Phi) is 4.16. The van der Waals surface area contributed by atoms with Crippen LogP contribution in [-0.2, 0) is 6.54 Å². The molecule has 2 saturated carbocycles. The van der Waals surface area contributed by atoms with Gasteiger partial charge in [0.1, 0.15) is 17.3 Å². The molecular formula is C17H24F2N2. The predicted molar refractivity (Wildman–Crippen MR) is 81.4 cm³/mol. The highest BCUT2D eigenvalue weighted by molar-refractivity contribution is 5.51. The van der Waals surface area contributed by atoms with Crippen molar-refractivity contribution in [2.45, 2.75) is 58.2 Å². The molecule has 0 amide bonds. The zero-order valence-corrected chi connectivity index (χ0v) is 12.8. The minimum Gasteiger partial charge on any atom is -0.364 e. The second-order valence-corrected chi connectivity index (χ2v) is 6.75. The number of rotatable bonds is 7. The van der Waals surface area contributed by atoms with Crippen LogP contribution in [0.2, 0.25) is 0 Å². The molecule has 2 fully saturated rings. The molecule has 1 aromatic rings. The third-order valence-corrected chi connectivity index (χ3v) is 4.31. The number of nitrogens with one attached hydrogen (secondary N) is 1. The molecule has 0 bridgehead atoms. The minimum atomic E-state index is -0.433. The number of anilines is 1. The lowest BCUT2D eigenvalue weighted by Crippen LogP contribution is -2.34. The quantitative estimate of drug-likeness (QED) is 0.822. The van der Waals surface area contributed by atoms with Crippen LogP contribution in [0, 0.1) is 17.6 Å². The molecule has 3 rings (SSSR count). The van der Waals surface area contributed by atoms with Crippen molar-refractivity contribution >= 4 is 5.69 Å². The summed E-state index contributed by atoms with van der Waals surface area (Å²) in [5.41, 5.74) is 0.836. The van der Waals surface area contributed by atoms with E-state index in [4.69, 9.17) is 0 Å². The Bertz CT molecular complexity index is 485. The third-order valence-electron chi connectivity index (χ3n) is 4.31. The molecule has 116 valence electrons. The fourth-order valence-corrected chi connectivity index (χ4v) is 2.68. The van der Waals surface area contributed by atoms with Crippen LogP contribution in [-0.4, -0.2) is 18.6 Å². The van der Waals surface area contributed by atoms with Crippen molar-refractivity contribution in [3.05, 3.63) is 29.3 Å². The molecule has 0 saturated heterocycles. The van der Waals surface area contributed by atoms with E-state index in [9.17, 15) is 8.78 Å². The van der Waals surface area contributed by atoms with E-state index < -0.39 is 11.6 Å². The second kappa shape index (κ2) is 5.91. The van der Waals surface area contributed by atoms with Crippen molar-refractivity contribution in [1.29, 1.82) is 0 Å². The molecule has 0 heterocycles. The van der Waals surface area contributed by atoms with E-state index in [-0.39, 0.29) is 11.7 Å². The Balaban J connectivity index is 1.78. The number of hydrogen-bond donors (Lipinski definition) is 1. The van der Waals surface area contributed by atoms with E-state index in [2.05, 4.69) is 5.32 Å². The molecule has 0 radical (unpaired) electrons. The molecule has 0 aliphatic heterocycles. The van der Waals surface area contributed by atoms with Crippen LogP contribution in [0.1, 0.15) is 45.1 Å². The van der Waals surface area contributed by atoms with Crippen LogP contribution in [0.25, 0.3) is 0 Å². The van der Waals surface area contributed by atoms with E-state index in [1.54, 1.807) is 0 Å². The van der Waals surface area contributed by atoms with Gasteiger partial charge in [0.05, 0.1) is 0 Å². The molecule has 2 aliphatic carbocycles. The van der Waals surface area contributed by atoms with Gasteiger partial charge in [0, 0.05) is 25.2 Å². The van der Waals surface area contributed by atoms with Gasteiger partial charge in [-0.1, -0.05) is 0 Å². The highest BCUT2D eigenvalue weighted by Crippen LogP contribution is 2.34. The van der Waals surface area contributed by atoms with E-state index >= 15 is 0 Å². The Morgan fingerprint density at radius 2 is 1.76 bits per heavy atom. The zero-order chi connectivity index (χ0) is 15.0. The monoisotopic (exact) mass is 294 g/mol. The van der Waals surface area contributed by atoms with Crippen LogP contribution < -0.4 is 10.2 Å². The zero-order valence-electron chi connectivity index (χ0n) is 12.8. The van der Waals surface area contributed by atoms with Gasteiger partial charge >= 0.3 is 0 Å². The highest BCUT2D eigenvalue weighted by Gasteiger charge is 2.29. The van der Waals surface area contributed by atoms with Gasteiger partial charge < -0.3 is 10.2 Å². The van der Waals surface area contributed by atoms with Gasteiger partial charge in [0.2, 0.25) is 0 Å². The van der Waals surface area contributed by atoms with Gasteiger partial charge in [0.25, 0.3) is 0 Å². The summed E-state index contributed by atoms with van der Waals surface area (Å²) in [6, 6.07) is 3.61. The molecule has 2 aliphatic rings. The van der Waals surface area contributed by atoms with E-state index in [1.807, 2.05) is 18.7 Å². The first kappa shape index (κ1) is 14.8. The summed E-state index contributed by atoms with van der Waals surface area (Å²) in [6.07, 6.45) is 4.70. The number of nitrogens with zero attached hydrogens (tertiary/aromatic N) is 1. The summed E-state index contributed by atoms with van der Waals surface area (Å²) < 4.78 is 28.8. The van der Waals surface area contributed by atoms with Crippen LogP contribution in [0.4, 0.5) is 14.5 Å². The largest absolute Gasteiger partial charge is 0.364 e. The third kappa shape index (κ3) is 3.73. The first-order valence-corrected chi connectivity index (χ1v) is 8.02. The molecule has 21 heavy (non-hydrogen) atoms. The minimum absolute atomic E-state index is 0.102. The molecule has 1 aromatic carbocycles. The molecule has 0 spiro atoms. The fourth-order valence-electron chi connectivity index (χ4n) is 2.68. The van der Waals surface area contributed by atoms with Crippen molar-refractivity contribution in [2.75, 3.05) is 11.4 Å². The molecule has 0 aromatic heterocycles. The number of hydrogen-bond acceptors (Lipinski definition) is 2. The highest BCUT2D eigenvalue weighted by atomic mass is 19.1. The Morgan fingerprint density at radius 1 is 1.14 bits per heavy atom.